The molecule has 0 aliphatic carbocycles. The Bertz CT molecular complexity index is 471. The summed E-state index contributed by atoms with van der Waals surface area (Å²) in [5, 5.41) is 10.0. The number of carbonyl (C=O) groups is 1. The van der Waals surface area contributed by atoms with Gasteiger partial charge >= 0.3 is 0 Å². The van der Waals surface area contributed by atoms with Crippen molar-refractivity contribution in [3.05, 3.63) is 29.8 Å². The number of amides is 1. The molecule has 1 heterocycles. The van der Waals surface area contributed by atoms with Crippen molar-refractivity contribution in [1.82, 2.24) is 4.90 Å². The fraction of sp³-hybridized carbons (Fsp3) is 0.562. The number of aliphatic hydroxyl groups is 1. The second kappa shape index (κ2) is 6.27. The van der Waals surface area contributed by atoms with Crippen molar-refractivity contribution >= 4 is 5.91 Å². The zero-order chi connectivity index (χ0) is 14.6. The molecule has 0 saturated carbocycles. The number of hydrogen-bond donors (Lipinski definition) is 1. The first kappa shape index (κ1) is 14.9. The minimum absolute atomic E-state index is 0.0310. The number of benzene rings is 1. The largest absolute Gasteiger partial charge is 0.484 e. The van der Waals surface area contributed by atoms with Gasteiger partial charge in [0, 0.05) is 13.1 Å². The predicted octanol–water partition coefficient (Wildman–Crippen LogP) is 2.00. The molecule has 4 nitrogen and oxygen atoms in total. The number of aryl methyl sites for hydroxylation is 1. The Morgan fingerprint density at radius 1 is 1.50 bits per heavy atom. The van der Waals surface area contributed by atoms with Crippen LogP contribution in [0.15, 0.2) is 24.3 Å². The van der Waals surface area contributed by atoms with Crippen LogP contribution >= 0.6 is 0 Å². The van der Waals surface area contributed by atoms with E-state index in [1.807, 2.05) is 24.3 Å². The normalized spacial score (nSPS) is 22.6. The zero-order valence-electron chi connectivity index (χ0n) is 12.3. The number of ether oxygens (including phenoxy) is 1. The van der Waals surface area contributed by atoms with Crippen molar-refractivity contribution in [2.75, 3.05) is 19.7 Å². The van der Waals surface area contributed by atoms with Crippen LogP contribution in [0.5, 0.6) is 5.75 Å². The lowest BCUT2D eigenvalue weighted by molar-refractivity contribution is -0.139. The van der Waals surface area contributed by atoms with Crippen LogP contribution in [0.3, 0.4) is 0 Å². The van der Waals surface area contributed by atoms with Crippen LogP contribution in [0.1, 0.15) is 32.3 Å². The van der Waals surface area contributed by atoms with Crippen molar-refractivity contribution in [1.29, 1.82) is 0 Å². The molecule has 0 spiro atoms. The number of β-amino-alcohol motifs (C(OH)–C–C–N with tert-alkyl or cyclic N) is 1. The molecule has 2 rings (SSSR count). The van der Waals surface area contributed by atoms with Crippen LogP contribution in [0.4, 0.5) is 0 Å². The van der Waals surface area contributed by atoms with Gasteiger partial charge in [0.05, 0.1) is 5.60 Å². The van der Waals surface area contributed by atoms with Gasteiger partial charge in [-0.2, -0.15) is 0 Å². The third-order valence-electron chi connectivity index (χ3n) is 3.70. The number of carbonyl (C=O) groups excluding carboxylic acids is 1. The first-order valence-corrected chi connectivity index (χ1v) is 7.22. The molecule has 4 heteroatoms. The van der Waals surface area contributed by atoms with Crippen molar-refractivity contribution < 1.29 is 14.6 Å². The molecule has 0 radical (unpaired) electrons. The van der Waals surface area contributed by atoms with Gasteiger partial charge in [-0.15, -0.1) is 0 Å². The molecular formula is C16H23NO3. The lowest BCUT2D eigenvalue weighted by Gasteiger charge is -2.36. The number of piperidine rings is 1. The van der Waals surface area contributed by atoms with E-state index in [0.29, 0.717) is 13.1 Å². The van der Waals surface area contributed by atoms with E-state index in [1.165, 1.54) is 5.56 Å². The van der Waals surface area contributed by atoms with Crippen LogP contribution in [0.25, 0.3) is 0 Å². The van der Waals surface area contributed by atoms with E-state index in [2.05, 4.69) is 6.92 Å². The number of likely N-dealkylation sites (tertiary alicyclic amines) is 1. The topological polar surface area (TPSA) is 49.8 Å². The summed E-state index contributed by atoms with van der Waals surface area (Å²) in [4.78, 5) is 13.8. The first-order valence-electron chi connectivity index (χ1n) is 7.22. The van der Waals surface area contributed by atoms with Gasteiger partial charge in [0.1, 0.15) is 5.75 Å². The molecule has 1 aliphatic heterocycles. The monoisotopic (exact) mass is 277 g/mol. The molecule has 0 bridgehead atoms. The summed E-state index contributed by atoms with van der Waals surface area (Å²) in [5.74, 6) is 0.661. The summed E-state index contributed by atoms with van der Waals surface area (Å²) < 4.78 is 5.56. The Hall–Kier alpha value is -1.55. The molecule has 110 valence electrons. The maximum atomic E-state index is 12.1. The van der Waals surface area contributed by atoms with Crippen molar-refractivity contribution in [3.8, 4) is 5.75 Å². The molecule has 20 heavy (non-hydrogen) atoms. The summed E-state index contributed by atoms with van der Waals surface area (Å²) >= 11 is 0. The third kappa shape index (κ3) is 3.97. The van der Waals surface area contributed by atoms with Gasteiger partial charge in [0.15, 0.2) is 6.61 Å². The van der Waals surface area contributed by atoms with Crippen LogP contribution in [-0.4, -0.2) is 41.2 Å². The highest BCUT2D eigenvalue weighted by molar-refractivity contribution is 5.78. The smallest absolute Gasteiger partial charge is 0.260 e. The molecule has 1 unspecified atom stereocenters. The Balaban J connectivity index is 1.88. The van der Waals surface area contributed by atoms with Gasteiger partial charge in [0.2, 0.25) is 0 Å². The predicted molar refractivity (Wildman–Crippen MR) is 77.8 cm³/mol. The second-order valence-electron chi connectivity index (χ2n) is 5.71. The maximum Gasteiger partial charge on any atom is 0.260 e. The van der Waals surface area contributed by atoms with Crippen LogP contribution in [-0.2, 0) is 11.2 Å². The van der Waals surface area contributed by atoms with E-state index in [9.17, 15) is 9.90 Å². The third-order valence-corrected chi connectivity index (χ3v) is 3.70. The summed E-state index contributed by atoms with van der Waals surface area (Å²) in [6, 6.07) is 7.79. The van der Waals surface area contributed by atoms with E-state index in [0.717, 1.165) is 25.0 Å². The minimum Gasteiger partial charge on any atom is -0.484 e. The van der Waals surface area contributed by atoms with Crippen molar-refractivity contribution in [2.24, 2.45) is 0 Å². The molecule has 1 aromatic carbocycles. The average molecular weight is 277 g/mol. The van der Waals surface area contributed by atoms with E-state index in [-0.39, 0.29) is 12.5 Å². The van der Waals surface area contributed by atoms with E-state index in [4.69, 9.17) is 4.74 Å². The highest BCUT2D eigenvalue weighted by Gasteiger charge is 2.30. The first-order chi connectivity index (χ1) is 9.50. The average Bonchev–Trinajstić information content (AvgIpc) is 2.44. The fourth-order valence-corrected chi connectivity index (χ4v) is 2.52. The summed E-state index contributed by atoms with van der Waals surface area (Å²) in [5.41, 5.74) is 0.423. The Morgan fingerprint density at radius 3 is 3.00 bits per heavy atom. The molecule has 1 atom stereocenters. The molecule has 1 aliphatic rings. The van der Waals surface area contributed by atoms with Crippen LogP contribution in [0, 0.1) is 0 Å². The molecular weight excluding hydrogens is 254 g/mol. The standard InChI is InChI=1S/C16H23NO3/c1-3-13-6-4-7-14(10-13)20-11-15(18)17-9-5-8-16(2,19)12-17/h4,6-7,10,19H,3,5,8-9,11-12H2,1-2H3. The van der Waals surface area contributed by atoms with Crippen molar-refractivity contribution in [3.63, 3.8) is 0 Å². The molecule has 1 saturated heterocycles. The van der Waals surface area contributed by atoms with Gasteiger partial charge in [-0.25, -0.2) is 0 Å². The summed E-state index contributed by atoms with van der Waals surface area (Å²) in [6.45, 7) is 4.99. The lowest BCUT2D eigenvalue weighted by Crippen LogP contribution is -2.49. The van der Waals surface area contributed by atoms with Crippen molar-refractivity contribution in [2.45, 2.75) is 38.7 Å². The Morgan fingerprint density at radius 2 is 2.30 bits per heavy atom. The number of nitrogens with zero attached hydrogens (tertiary/aromatic N) is 1. The fourth-order valence-electron chi connectivity index (χ4n) is 2.52. The minimum atomic E-state index is -0.768. The zero-order valence-corrected chi connectivity index (χ0v) is 12.3. The number of rotatable bonds is 4. The summed E-state index contributed by atoms with van der Waals surface area (Å²) in [6.07, 6.45) is 2.53. The molecule has 1 aromatic rings. The van der Waals surface area contributed by atoms with E-state index in [1.54, 1.807) is 11.8 Å². The maximum absolute atomic E-state index is 12.1. The van der Waals surface area contributed by atoms with Gasteiger partial charge in [-0.05, 0) is 43.9 Å². The van der Waals surface area contributed by atoms with Gasteiger partial charge in [0.25, 0.3) is 5.91 Å². The summed E-state index contributed by atoms with van der Waals surface area (Å²) in [7, 11) is 0. The Kier molecular flexibility index (Phi) is 4.65. The SMILES string of the molecule is CCc1cccc(OCC(=O)N2CCCC(C)(O)C2)c1. The van der Waals surface area contributed by atoms with Gasteiger partial charge in [-0.3, -0.25) is 4.79 Å². The quantitative estimate of drug-likeness (QED) is 0.916. The molecule has 1 N–H and O–H groups in total. The number of hydrogen-bond acceptors (Lipinski definition) is 3. The highest BCUT2D eigenvalue weighted by atomic mass is 16.5. The Labute approximate surface area is 120 Å². The molecule has 1 fully saturated rings. The molecule has 0 aromatic heterocycles. The van der Waals surface area contributed by atoms with Gasteiger partial charge in [-0.1, -0.05) is 19.1 Å². The van der Waals surface area contributed by atoms with Gasteiger partial charge < -0.3 is 14.7 Å². The molecule has 1 amide bonds. The van der Waals surface area contributed by atoms with E-state index >= 15 is 0 Å². The lowest BCUT2D eigenvalue weighted by atomic mass is 9.95. The highest BCUT2D eigenvalue weighted by Crippen LogP contribution is 2.20. The van der Waals surface area contributed by atoms with E-state index < -0.39 is 5.60 Å². The second-order valence-corrected chi connectivity index (χ2v) is 5.71. The van der Waals surface area contributed by atoms with Crippen LogP contribution in [0.2, 0.25) is 0 Å². The van der Waals surface area contributed by atoms with Crippen LogP contribution < -0.4 is 4.74 Å².